The van der Waals surface area contributed by atoms with Crippen molar-refractivity contribution in [3.05, 3.63) is 64.2 Å². The van der Waals surface area contributed by atoms with E-state index in [1.54, 1.807) is 15.2 Å². The minimum atomic E-state index is -0.176. The zero-order chi connectivity index (χ0) is 16.6. The van der Waals surface area contributed by atoms with E-state index >= 15 is 0 Å². The lowest BCUT2D eigenvalue weighted by Gasteiger charge is -2.08. The molecule has 1 aromatic carbocycles. The highest BCUT2D eigenvalue weighted by Gasteiger charge is 2.12. The molecular weight excluding hydrogens is 308 g/mol. The molecule has 0 radical (unpaired) electrons. The third-order valence-corrected chi connectivity index (χ3v) is 4.83. The molecule has 0 unspecified atom stereocenters. The van der Waals surface area contributed by atoms with E-state index in [9.17, 15) is 4.79 Å². The summed E-state index contributed by atoms with van der Waals surface area (Å²) in [6.45, 7) is 9.92. The predicted molar refractivity (Wildman–Crippen MR) is 93.6 cm³/mol. The lowest BCUT2D eigenvalue weighted by atomic mass is 10.1. The number of aromatic nitrogens is 4. The summed E-state index contributed by atoms with van der Waals surface area (Å²) in [4.78, 5) is 12.7. The van der Waals surface area contributed by atoms with E-state index in [1.165, 1.54) is 17.3 Å². The van der Waals surface area contributed by atoms with Crippen molar-refractivity contribution in [1.29, 1.82) is 0 Å². The molecule has 23 heavy (non-hydrogen) atoms. The topological polar surface area (TPSA) is 52.2 Å². The molecule has 3 aromatic rings. The number of fused-ring (bicyclic) bond motifs is 1. The first-order chi connectivity index (χ1) is 11.0. The third kappa shape index (κ3) is 2.94. The van der Waals surface area contributed by atoms with E-state index in [0.29, 0.717) is 10.8 Å². The van der Waals surface area contributed by atoms with Crippen LogP contribution in [0.15, 0.2) is 52.7 Å². The van der Waals surface area contributed by atoms with Gasteiger partial charge in [-0.25, -0.2) is 0 Å². The maximum Gasteiger partial charge on any atom is 0.300 e. The highest BCUT2D eigenvalue weighted by Crippen LogP contribution is 2.18. The lowest BCUT2D eigenvalue weighted by molar-refractivity contribution is 0.893. The van der Waals surface area contributed by atoms with Gasteiger partial charge in [-0.15, -0.1) is 10.2 Å². The maximum absolute atomic E-state index is 12.7. The van der Waals surface area contributed by atoms with Crippen molar-refractivity contribution in [2.24, 2.45) is 0 Å². The van der Waals surface area contributed by atoms with Gasteiger partial charge in [0, 0.05) is 23.8 Å². The molecule has 3 rings (SSSR count). The van der Waals surface area contributed by atoms with Crippen LogP contribution >= 0.6 is 11.8 Å². The molecule has 0 N–H and O–H groups in total. The normalized spacial score (nSPS) is 11.1. The summed E-state index contributed by atoms with van der Waals surface area (Å²) in [5.74, 6) is 0.751. The number of hydrogen-bond acceptors (Lipinski definition) is 4. The van der Waals surface area contributed by atoms with Crippen molar-refractivity contribution in [3.8, 4) is 5.69 Å². The Kier molecular flexibility index (Phi) is 4.09. The summed E-state index contributed by atoms with van der Waals surface area (Å²) in [5, 5.41) is 8.87. The predicted octanol–water partition coefficient (Wildman–Crippen LogP) is 3.17. The average molecular weight is 326 g/mol. The molecule has 5 nitrogen and oxygen atoms in total. The van der Waals surface area contributed by atoms with Gasteiger partial charge in [0.15, 0.2) is 5.16 Å². The molecule has 0 aliphatic carbocycles. The zero-order valence-electron chi connectivity index (χ0n) is 13.4. The number of benzene rings is 1. The average Bonchev–Trinajstić information content (AvgIpc) is 2.92. The Morgan fingerprint density at radius 3 is 2.70 bits per heavy atom. The van der Waals surface area contributed by atoms with Gasteiger partial charge in [-0.2, -0.15) is 0 Å². The van der Waals surface area contributed by atoms with Gasteiger partial charge in [-0.3, -0.25) is 13.8 Å². The number of hydrogen-bond donors (Lipinski definition) is 0. The van der Waals surface area contributed by atoms with Gasteiger partial charge < -0.3 is 0 Å². The van der Waals surface area contributed by atoms with Gasteiger partial charge in [-0.05, 0) is 44.0 Å². The Morgan fingerprint density at radius 2 is 2.00 bits per heavy atom. The summed E-state index contributed by atoms with van der Waals surface area (Å²) in [6.07, 6.45) is 3.58. The standard InChI is InChI=1S/C17H18N4OS/c1-11(2)10-23-17-19-18-15-16(22)20(7-8-21(15)17)14-6-5-12(3)13(4)9-14/h5-9H,1,10H2,2-4H3. The highest BCUT2D eigenvalue weighted by molar-refractivity contribution is 7.99. The zero-order valence-corrected chi connectivity index (χ0v) is 14.2. The second-order valence-corrected chi connectivity index (χ2v) is 6.61. The molecule has 118 valence electrons. The van der Waals surface area contributed by atoms with E-state index < -0.39 is 0 Å². The summed E-state index contributed by atoms with van der Waals surface area (Å²) in [6, 6.07) is 5.95. The molecule has 0 aliphatic heterocycles. The van der Waals surface area contributed by atoms with Gasteiger partial charge in [0.05, 0.1) is 0 Å². The third-order valence-electron chi connectivity index (χ3n) is 3.66. The minimum absolute atomic E-state index is 0.176. The maximum atomic E-state index is 12.7. The van der Waals surface area contributed by atoms with E-state index in [2.05, 4.69) is 23.7 Å². The number of thioether (sulfide) groups is 1. The van der Waals surface area contributed by atoms with Crippen molar-refractivity contribution in [2.45, 2.75) is 25.9 Å². The van der Waals surface area contributed by atoms with Gasteiger partial charge in [0.25, 0.3) is 0 Å². The molecule has 0 bridgehead atoms. The first-order valence-electron chi connectivity index (χ1n) is 7.28. The van der Waals surface area contributed by atoms with Crippen LogP contribution in [-0.4, -0.2) is 24.9 Å². The van der Waals surface area contributed by atoms with Crippen molar-refractivity contribution in [3.63, 3.8) is 0 Å². The van der Waals surface area contributed by atoms with Gasteiger partial charge >= 0.3 is 5.56 Å². The molecule has 0 saturated heterocycles. The van der Waals surface area contributed by atoms with Crippen molar-refractivity contribution in [1.82, 2.24) is 19.2 Å². The Bertz CT molecular complexity index is 955. The summed E-state index contributed by atoms with van der Waals surface area (Å²) >= 11 is 1.52. The lowest BCUT2D eigenvalue weighted by Crippen LogP contribution is -2.20. The number of nitrogens with zero attached hydrogens (tertiary/aromatic N) is 4. The summed E-state index contributed by atoms with van der Waals surface area (Å²) in [5.41, 5.74) is 4.38. The van der Waals surface area contributed by atoms with Crippen molar-refractivity contribution >= 4 is 17.4 Å². The quantitative estimate of drug-likeness (QED) is 0.546. The molecule has 0 amide bonds. The minimum Gasteiger partial charge on any atom is -0.280 e. The molecule has 0 spiro atoms. The van der Waals surface area contributed by atoms with Gasteiger partial charge in [0.2, 0.25) is 5.65 Å². The van der Waals surface area contributed by atoms with Crippen LogP contribution in [0.3, 0.4) is 0 Å². The molecule has 2 aromatic heterocycles. The fraction of sp³-hybridized carbons (Fsp3) is 0.235. The van der Waals surface area contributed by atoms with Crippen molar-refractivity contribution in [2.75, 3.05) is 5.75 Å². The van der Waals surface area contributed by atoms with E-state index in [-0.39, 0.29) is 5.56 Å². The summed E-state index contributed by atoms with van der Waals surface area (Å²) < 4.78 is 3.33. The molecule has 2 heterocycles. The van der Waals surface area contributed by atoms with Crippen LogP contribution < -0.4 is 5.56 Å². The van der Waals surface area contributed by atoms with Crippen LogP contribution in [0.1, 0.15) is 18.1 Å². The van der Waals surface area contributed by atoms with Crippen LogP contribution in [0.5, 0.6) is 0 Å². The number of aryl methyl sites for hydroxylation is 2. The molecule has 0 atom stereocenters. The Balaban J connectivity index is 2.07. The SMILES string of the molecule is C=C(C)CSc1nnc2c(=O)n(-c3ccc(C)c(C)c3)ccn12. The first-order valence-corrected chi connectivity index (χ1v) is 8.27. The van der Waals surface area contributed by atoms with Gasteiger partial charge in [-0.1, -0.05) is 30.0 Å². The second-order valence-electron chi connectivity index (χ2n) is 5.66. The van der Waals surface area contributed by atoms with Crippen LogP contribution in [-0.2, 0) is 0 Å². The molecule has 0 fully saturated rings. The van der Waals surface area contributed by atoms with Crippen LogP contribution in [0.25, 0.3) is 11.3 Å². The van der Waals surface area contributed by atoms with E-state index in [0.717, 1.165) is 22.6 Å². The van der Waals surface area contributed by atoms with Gasteiger partial charge in [0.1, 0.15) is 0 Å². The fourth-order valence-corrected chi connectivity index (χ4v) is 2.99. The number of rotatable bonds is 4. The monoisotopic (exact) mass is 326 g/mol. The van der Waals surface area contributed by atoms with Crippen LogP contribution in [0.4, 0.5) is 0 Å². The first kappa shape index (κ1) is 15.6. The summed E-state index contributed by atoms with van der Waals surface area (Å²) in [7, 11) is 0. The van der Waals surface area contributed by atoms with Crippen LogP contribution in [0, 0.1) is 13.8 Å². The molecule has 0 saturated carbocycles. The molecule has 0 aliphatic rings. The Hall–Kier alpha value is -2.34. The van der Waals surface area contributed by atoms with E-state index in [1.807, 2.05) is 38.2 Å². The van der Waals surface area contributed by atoms with Crippen molar-refractivity contribution < 1.29 is 0 Å². The molecule has 6 heteroatoms. The Morgan fingerprint density at radius 1 is 1.22 bits per heavy atom. The molecular formula is C17H18N4OS. The van der Waals surface area contributed by atoms with Crippen LogP contribution in [0.2, 0.25) is 0 Å². The largest absolute Gasteiger partial charge is 0.300 e. The smallest absolute Gasteiger partial charge is 0.280 e. The van der Waals surface area contributed by atoms with E-state index in [4.69, 9.17) is 0 Å². The highest BCUT2D eigenvalue weighted by atomic mass is 32.2. The Labute approximate surface area is 138 Å². The fourth-order valence-electron chi connectivity index (χ4n) is 2.23. The second kappa shape index (κ2) is 6.04.